The van der Waals surface area contributed by atoms with Gasteiger partial charge in [-0.15, -0.1) is 0 Å². The first-order valence-electron chi connectivity index (χ1n) is 7.91. The Kier molecular flexibility index (Phi) is 11.4. The molecule has 0 rings (SSSR count). The monoisotopic (exact) mass is 350 g/mol. The maximum Gasteiger partial charge on any atom is 0.407 e. The first-order valence-corrected chi connectivity index (χ1v) is 7.91. The Morgan fingerprint density at radius 3 is 1.21 bits per heavy atom. The molecule has 0 saturated heterocycles. The summed E-state index contributed by atoms with van der Waals surface area (Å²) in [5.74, 6) is 0. The van der Waals surface area contributed by atoms with E-state index in [1.54, 1.807) is 55.4 Å². The van der Waals surface area contributed by atoms with Crippen LogP contribution in [0.5, 0.6) is 0 Å². The summed E-state index contributed by atoms with van der Waals surface area (Å²) in [5, 5.41) is 22.2. The molecule has 24 heavy (non-hydrogen) atoms. The Hall–Kier alpha value is -1.54. The molecule has 0 aromatic heterocycles. The molecule has 2 atom stereocenters. The normalized spacial score (nSPS) is 13.8. The lowest BCUT2D eigenvalue weighted by molar-refractivity contribution is 0.0478. The van der Waals surface area contributed by atoms with Crippen molar-refractivity contribution < 1.29 is 29.3 Å². The number of hydrogen-bond donors (Lipinski definition) is 4. The predicted molar refractivity (Wildman–Crippen MR) is 91.8 cm³/mol. The highest BCUT2D eigenvalue weighted by molar-refractivity contribution is 5.68. The molecular formula is C16H34N2O6. The second-order valence-electron chi connectivity index (χ2n) is 7.46. The van der Waals surface area contributed by atoms with Crippen LogP contribution in [0, 0.1) is 0 Å². The molecule has 0 fully saturated rings. The van der Waals surface area contributed by atoms with E-state index in [2.05, 4.69) is 10.6 Å². The summed E-state index contributed by atoms with van der Waals surface area (Å²) < 4.78 is 9.90. The molecule has 144 valence electrons. The Morgan fingerprint density at radius 1 is 0.792 bits per heavy atom. The van der Waals surface area contributed by atoms with Crippen LogP contribution in [0.1, 0.15) is 55.4 Å². The summed E-state index contributed by atoms with van der Waals surface area (Å²) in [4.78, 5) is 22.0. The molecule has 0 bridgehead atoms. The summed E-state index contributed by atoms with van der Waals surface area (Å²) in [6.45, 7) is 14.0. The van der Waals surface area contributed by atoms with Gasteiger partial charge in [0.1, 0.15) is 11.2 Å². The molecule has 0 saturated carbocycles. The average molecular weight is 350 g/mol. The van der Waals surface area contributed by atoms with Crippen molar-refractivity contribution in [2.24, 2.45) is 0 Å². The zero-order valence-electron chi connectivity index (χ0n) is 16.1. The molecule has 0 aromatic rings. The molecule has 0 heterocycles. The van der Waals surface area contributed by atoms with Crippen molar-refractivity contribution in [3.8, 4) is 0 Å². The van der Waals surface area contributed by atoms with Gasteiger partial charge in [-0.25, -0.2) is 9.59 Å². The van der Waals surface area contributed by atoms with Gasteiger partial charge in [0.15, 0.2) is 0 Å². The zero-order chi connectivity index (χ0) is 19.6. The summed E-state index contributed by atoms with van der Waals surface area (Å²) in [5.41, 5.74) is -0.974. The van der Waals surface area contributed by atoms with E-state index < -0.39 is 23.4 Å². The fourth-order valence-corrected chi connectivity index (χ4v) is 1.11. The van der Waals surface area contributed by atoms with Crippen molar-refractivity contribution >= 4 is 12.2 Å². The number of nitrogens with one attached hydrogen (secondary N) is 2. The van der Waals surface area contributed by atoms with Crippen molar-refractivity contribution in [3.05, 3.63) is 0 Å². The van der Waals surface area contributed by atoms with Crippen molar-refractivity contribution in [1.82, 2.24) is 10.6 Å². The quantitative estimate of drug-likeness (QED) is 0.614. The van der Waals surface area contributed by atoms with Crippen LogP contribution >= 0.6 is 0 Å². The largest absolute Gasteiger partial charge is 0.444 e. The van der Waals surface area contributed by atoms with Crippen LogP contribution < -0.4 is 10.6 Å². The fourth-order valence-electron chi connectivity index (χ4n) is 1.11. The fraction of sp³-hybridized carbons (Fsp3) is 0.875. The van der Waals surface area contributed by atoms with E-state index >= 15 is 0 Å². The number of rotatable bonds is 4. The zero-order valence-corrected chi connectivity index (χ0v) is 16.1. The van der Waals surface area contributed by atoms with Gasteiger partial charge < -0.3 is 30.3 Å². The van der Waals surface area contributed by atoms with Gasteiger partial charge in [-0.3, -0.25) is 0 Å². The van der Waals surface area contributed by atoms with E-state index in [1.165, 1.54) is 0 Å². The molecule has 8 heteroatoms. The van der Waals surface area contributed by atoms with Crippen LogP contribution in [0.15, 0.2) is 0 Å². The number of hydrogen-bond acceptors (Lipinski definition) is 6. The highest BCUT2D eigenvalue weighted by atomic mass is 16.6. The molecule has 0 radical (unpaired) electrons. The van der Waals surface area contributed by atoms with Crippen LogP contribution in [-0.2, 0) is 9.47 Å². The lowest BCUT2D eigenvalue weighted by Gasteiger charge is -2.21. The van der Waals surface area contributed by atoms with E-state index in [9.17, 15) is 9.59 Å². The number of alkyl carbamates (subject to hydrolysis) is 2. The number of aliphatic hydroxyl groups excluding tert-OH is 2. The van der Waals surface area contributed by atoms with Crippen LogP contribution in [0.3, 0.4) is 0 Å². The lowest BCUT2D eigenvalue weighted by Crippen LogP contribution is -2.39. The third-order valence-corrected chi connectivity index (χ3v) is 2.07. The first kappa shape index (κ1) is 24.7. The molecule has 0 aromatic carbocycles. The second-order valence-corrected chi connectivity index (χ2v) is 7.46. The Bertz CT molecular complexity index is 338. The topological polar surface area (TPSA) is 117 Å². The molecule has 0 aliphatic heterocycles. The minimum atomic E-state index is -0.496. The number of ether oxygens (including phenoxy) is 2. The van der Waals surface area contributed by atoms with E-state index in [-0.39, 0.29) is 25.3 Å². The molecule has 8 nitrogen and oxygen atoms in total. The van der Waals surface area contributed by atoms with Gasteiger partial charge >= 0.3 is 12.2 Å². The Labute approximate surface area is 144 Å². The highest BCUT2D eigenvalue weighted by Gasteiger charge is 2.17. The molecule has 0 aliphatic carbocycles. The van der Waals surface area contributed by atoms with E-state index in [4.69, 9.17) is 19.7 Å². The van der Waals surface area contributed by atoms with Crippen LogP contribution in [0.2, 0.25) is 0 Å². The smallest absolute Gasteiger partial charge is 0.407 e. The van der Waals surface area contributed by atoms with Gasteiger partial charge in [0.25, 0.3) is 0 Å². The molecule has 0 aliphatic rings. The number of carbonyl (C=O) groups is 2. The van der Waals surface area contributed by atoms with Crippen molar-refractivity contribution in [3.63, 3.8) is 0 Å². The van der Waals surface area contributed by atoms with Gasteiger partial charge in [-0.2, -0.15) is 0 Å². The standard InChI is InChI=1S/2C8H17NO3/c2*1-6(5-10)9-7(11)12-8(2,3)4/h2*6,10H,5H2,1-4H3,(H,9,11)/t2*6-/m10/s1. The summed E-state index contributed by atoms with van der Waals surface area (Å²) >= 11 is 0. The maximum atomic E-state index is 11.0. The predicted octanol–water partition coefficient (Wildman–Crippen LogP) is 1.78. The molecular weight excluding hydrogens is 316 g/mol. The average Bonchev–Trinajstić information content (AvgIpc) is 2.34. The summed E-state index contributed by atoms with van der Waals surface area (Å²) in [6.07, 6.45) is -0.993. The summed E-state index contributed by atoms with van der Waals surface area (Å²) in [6, 6.07) is -0.528. The minimum absolute atomic E-state index is 0.0841. The van der Waals surface area contributed by atoms with Crippen molar-refractivity contribution in [2.75, 3.05) is 13.2 Å². The van der Waals surface area contributed by atoms with E-state index in [1.807, 2.05) is 0 Å². The Morgan fingerprint density at radius 2 is 1.04 bits per heavy atom. The van der Waals surface area contributed by atoms with Gasteiger partial charge in [-0.05, 0) is 55.4 Å². The molecule has 0 spiro atoms. The van der Waals surface area contributed by atoms with Gasteiger partial charge in [0, 0.05) is 0 Å². The first-order chi connectivity index (χ1) is 10.7. The molecule has 0 unspecified atom stereocenters. The van der Waals surface area contributed by atoms with E-state index in [0.717, 1.165) is 0 Å². The van der Waals surface area contributed by atoms with Gasteiger partial charge in [0.05, 0.1) is 25.3 Å². The van der Waals surface area contributed by atoms with Crippen LogP contribution in [0.4, 0.5) is 9.59 Å². The SMILES string of the molecule is C[C@@H](CO)NC(=O)OC(C)(C)C.C[C@H](CO)NC(=O)OC(C)(C)C. The maximum absolute atomic E-state index is 11.0. The minimum Gasteiger partial charge on any atom is -0.444 e. The third-order valence-electron chi connectivity index (χ3n) is 2.07. The number of aliphatic hydroxyl groups is 2. The van der Waals surface area contributed by atoms with Gasteiger partial charge in [0.2, 0.25) is 0 Å². The Balaban J connectivity index is 0. The highest BCUT2D eigenvalue weighted by Crippen LogP contribution is 2.07. The molecule has 4 N–H and O–H groups in total. The number of amides is 2. The van der Waals surface area contributed by atoms with Crippen molar-refractivity contribution in [1.29, 1.82) is 0 Å². The molecule has 2 amide bonds. The lowest BCUT2D eigenvalue weighted by atomic mass is 10.2. The third kappa shape index (κ3) is 18.5. The number of carbonyl (C=O) groups excluding carboxylic acids is 2. The summed E-state index contributed by atoms with van der Waals surface area (Å²) in [7, 11) is 0. The van der Waals surface area contributed by atoms with Crippen LogP contribution in [0.25, 0.3) is 0 Å². The van der Waals surface area contributed by atoms with Crippen LogP contribution in [-0.4, -0.2) is 58.9 Å². The van der Waals surface area contributed by atoms with E-state index in [0.29, 0.717) is 0 Å². The van der Waals surface area contributed by atoms with Crippen molar-refractivity contribution in [2.45, 2.75) is 78.7 Å². The van der Waals surface area contributed by atoms with Gasteiger partial charge in [-0.1, -0.05) is 0 Å². The second kappa shape index (κ2) is 11.1.